The van der Waals surface area contributed by atoms with Crippen molar-refractivity contribution in [3.63, 3.8) is 0 Å². The number of hydrogen-bond donors (Lipinski definition) is 2. The van der Waals surface area contributed by atoms with Gasteiger partial charge in [0.2, 0.25) is 5.91 Å². The van der Waals surface area contributed by atoms with E-state index >= 15 is 0 Å². The molecule has 1 fully saturated rings. The first-order valence-corrected chi connectivity index (χ1v) is 10.1. The quantitative estimate of drug-likeness (QED) is 0.650. The van der Waals surface area contributed by atoms with E-state index in [2.05, 4.69) is 19.9 Å². The van der Waals surface area contributed by atoms with Gasteiger partial charge in [-0.1, -0.05) is 36.4 Å². The van der Waals surface area contributed by atoms with E-state index in [0.717, 1.165) is 29.9 Å². The molecule has 29 heavy (non-hydrogen) atoms. The van der Waals surface area contributed by atoms with Gasteiger partial charge in [-0.15, -0.1) is 0 Å². The number of carbonyl (C=O) groups excluding carboxylic acids is 1. The third kappa shape index (κ3) is 4.90. The van der Waals surface area contributed by atoms with Gasteiger partial charge >= 0.3 is 0 Å². The summed E-state index contributed by atoms with van der Waals surface area (Å²) in [7, 11) is 0. The number of imidazole rings is 1. The summed E-state index contributed by atoms with van der Waals surface area (Å²) >= 11 is 0. The zero-order chi connectivity index (χ0) is 20.1. The molecule has 0 radical (unpaired) electrons. The van der Waals surface area contributed by atoms with Crippen molar-refractivity contribution in [3.05, 3.63) is 72.8 Å². The number of carbonyl (C=O) groups is 1. The second-order valence-electron chi connectivity index (χ2n) is 7.71. The van der Waals surface area contributed by atoms with E-state index in [4.69, 9.17) is 0 Å². The molecule has 2 N–H and O–H groups in total. The Hall–Kier alpha value is -2.99. The zero-order valence-electron chi connectivity index (χ0n) is 16.3. The summed E-state index contributed by atoms with van der Waals surface area (Å²) in [5.41, 5.74) is 2.12. The Morgan fingerprint density at radius 1 is 1.14 bits per heavy atom. The molecule has 6 heteroatoms. The van der Waals surface area contributed by atoms with Gasteiger partial charge in [-0.2, -0.15) is 0 Å². The second-order valence-corrected chi connectivity index (χ2v) is 7.71. The number of nitrogens with zero attached hydrogens (tertiary/aromatic N) is 3. The molecule has 2 aromatic heterocycles. The number of aromatic nitrogens is 3. The molecular weight excluding hydrogens is 364 g/mol. The Morgan fingerprint density at radius 3 is 2.79 bits per heavy atom. The van der Waals surface area contributed by atoms with Crippen LogP contribution in [0.3, 0.4) is 0 Å². The van der Waals surface area contributed by atoms with E-state index in [1.165, 1.54) is 0 Å². The molecule has 0 bridgehead atoms. The standard InChI is InChI=1S/C23H26N4O2/c28-21-14-18(16-27-12-11-25-23(27)19-6-2-1-3-7-19)13-20(21)26-22(29)9-8-17-5-4-10-24-15-17/h1-7,10-12,15,18,20-21,28H,8-9,13-14,16H2,(H,26,29)/t18?,20-,21-/m1/s1. The van der Waals surface area contributed by atoms with Gasteiger partial charge in [0.15, 0.2) is 0 Å². The molecule has 1 aromatic carbocycles. The van der Waals surface area contributed by atoms with Gasteiger partial charge < -0.3 is 15.0 Å². The summed E-state index contributed by atoms with van der Waals surface area (Å²) in [4.78, 5) is 20.9. The van der Waals surface area contributed by atoms with Crippen molar-refractivity contribution in [2.24, 2.45) is 5.92 Å². The van der Waals surface area contributed by atoms with Crippen molar-refractivity contribution in [2.45, 2.75) is 44.4 Å². The Balaban J connectivity index is 1.31. The molecule has 1 amide bonds. The minimum absolute atomic E-state index is 0.0221. The lowest BCUT2D eigenvalue weighted by molar-refractivity contribution is -0.122. The number of benzene rings is 1. The maximum atomic E-state index is 12.3. The predicted molar refractivity (Wildman–Crippen MR) is 111 cm³/mol. The summed E-state index contributed by atoms with van der Waals surface area (Å²) in [5.74, 6) is 1.21. The Bertz CT molecular complexity index is 926. The monoisotopic (exact) mass is 390 g/mol. The van der Waals surface area contributed by atoms with Gasteiger partial charge in [0.25, 0.3) is 0 Å². The summed E-state index contributed by atoms with van der Waals surface area (Å²) in [6.07, 6.45) is 9.30. The molecule has 0 saturated heterocycles. The van der Waals surface area contributed by atoms with Crippen LogP contribution in [0.25, 0.3) is 11.4 Å². The van der Waals surface area contributed by atoms with E-state index in [-0.39, 0.29) is 11.9 Å². The lowest BCUT2D eigenvalue weighted by Crippen LogP contribution is -2.40. The number of amides is 1. The van der Waals surface area contributed by atoms with Crippen molar-refractivity contribution in [3.8, 4) is 11.4 Å². The summed E-state index contributed by atoms with van der Waals surface area (Å²) < 4.78 is 2.14. The first-order chi connectivity index (χ1) is 14.2. The number of rotatable bonds is 7. The molecular formula is C23H26N4O2. The highest BCUT2D eigenvalue weighted by atomic mass is 16.3. The molecule has 3 aromatic rings. The Morgan fingerprint density at radius 2 is 2.00 bits per heavy atom. The second kappa shape index (κ2) is 9.01. The number of pyridine rings is 1. The Labute approximate surface area is 170 Å². The van der Waals surface area contributed by atoms with Gasteiger partial charge in [0.05, 0.1) is 12.1 Å². The third-order valence-electron chi connectivity index (χ3n) is 5.54. The van der Waals surface area contributed by atoms with Crippen molar-refractivity contribution >= 4 is 5.91 Å². The van der Waals surface area contributed by atoms with Crippen molar-refractivity contribution in [1.82, 2.24) is 19.9 Å². The first kappa shape index (κ1) is 19.3. The molecule has 1 unspecified atom stereocenters. The van der Waals surface area contributed by atoms with E-state index < -0.39 is 6.10 Å². The van der Waals surface area contributed by atoms with Gasteiger partial charge in [-0.25, -0.2) is 4.98 Å². The molecule has 1 aliphatic carbocycles. The van der Waals surface area contributed by atoms with Crippen LogP contribution in [0.1, 0.15) is 24.8 Å². The van der Waals surface area contributed by atoms with Crippen molar-refractivity contribution in [2.75, 3.05) is 0 Å². The fourth-order valence-corrected chi connectivity index (χ4v) is 4.09. The average Bonchev–Trinajstić information content (AvgIpc) is 3.34. The minimum Gasteiger partial charge on any atom is -0.391 e. The van der Waals surface area contributed by atoms with Crippen LogP contribution in [-0.4, -0.2) is 37.7 Å². The number of hydrogen-bond acceptors (Lipinski definition) is 4. The van der Waals surface area contributed by atoms with Gasteiger partial charge in [-0.05, 0) is 36.8 Å². The van der Waals surface area contributed by atoms with Crippen LogP contribution in [0.2, 0.25) is 0 Å². The highest BCUT2D eigenvalue weighted by Crippen LogP contribution is 2.29. The van der Waals surface area contributed by atoms with Crippen LogP contribution in [0.15, 0.2) is 67.3 Å². The number of aliphatic hydroxyl groups excluding tert-OH is 1. The molecule has 0 spiro atoms. The topological polar surface area (TPSA) is 80.0 Å². The molecule has 1 saturated carbocycles. The molecule has 3 atom stereocenters. The van der Waals surface area contributed by atoms with Gasteiger partial charge in [-0.3, -0.25) is 9.78 Å². The van der Waals surface area contributed by atoms with Crippen LogP contribution in [0.5, 0.6) is 0 Å². The molecule has 6 nitrogen and oxygen atoms in total. The van der Waals surface area contributed by atoms with E-state index in [0.29, 0.717) is 25.2 Å². The van der Waals surface area contributed by atoms with Crippen LogP contribution < -0.4 is 5.32 Å². The van der Waals surface area contributed by atoms with Crippen LogP contribution in [0.4, 0.5) is 0 Å². The normalized spacial score (nSPS) is 21.2. The lowest BCUT2D eigenvalue weighted by atomic mass is 10.1. The summed E-state index contributed by atoms with van der Waals surface area (Å²) in [6.45, 7) is 0.781. The lowest BCUT2D eigenvalue weighted by Gasteiger charge is -2.16. The highest BCUT2D eigenvalue weighted by Gasteiger charge is 2.34. The average molecular weight is 390 g/mol. The first-order valence-electron chi connectivity index (χ1n) is 10.1. The van der Waals surface area contributed by atoms with Gasteiger partial charge in [0, 0.05) is 43.3 Å². The van der Waals surface area contributed by atoms with Crippen LogP contribution in [0, 0.1) is 5.92 Å². The fraction of sp³-hybridized carbons (Fsp3) is 0.348. The number of nitrogens with one attached hydrogen (secondary N) is 1. The molecule has 1 aliphatic rings. The SMILES string of the molecule is O=C(CCc1cccnc1)N[C@@H]1CC(Cn2ccnc2-c2ccccc2)C[C@H]1O. The van der Waals surface area contributed by atoms with Crippen LogP contribution >= 0.6 is 0 Å². The smallest absolute Gasteiger partial charge is 0.220 e. The van der Waals surface area contributed by atoms with E-state index in [1.54, 1.807) is 12.4 Å². The van der Waals surface area contributed by atoms with E-state index in [9.17, 15) is 9.90 Å². The summed E-state index contributed by atoms with van der Waals surface area (Å²) in [6, 6.07) is 13.8. The molecule has 2 heterocycles. The Kier molecular flexibility index (Phi) is 6.00. The minimum atomic E-state index is -0.508. The molecule has 4 rings (SSSR count). The van der Waals surface area contributed by atoms with Crippen molar-refractivity contribution < 1.29 is 9.90 Å². The van der Waals surface area contributed by atoms with Gasteiger partial charge in [0.1, 0.15) is 5.82 Å². The number of aryl methyl sites for hydroxylation is 1. The molecule has 150 valence electrons. The predicted octanol–water partition coefficient (Wildman–Crippen LogP) is 2.83. The third-order valence-corrected chi connectivity index (χ3v) is 5.54. The van der Waals surface area contributed by atoms with Crippen molar-refractivity contribution in [1.29, 1.82) is 0 Å². The van der Waals surface area contributed by atoms with Crippen LogP contribution in [-0.2, 0) is 17.8 Å². The zero-order valence-corrected chi connectivity index (χ0v) is 16.3. The maximum Gasteiger partial charge on any atom is 0.220 e. The highest BCUT2D eigenvalue weighted by molar-refractivity contribution is 5.76. The maximum absolute atomic E-state index is 12.3. The molecule has 0 aliphatic heterocycles. The summed E-state index contributed by atoms with van der Waals surface area (Å²) in [5, 5.41) is 13.5. The largest absolute Gasteiger partial charge is 0.391 e. The number of aliphatic hydroxyl groups is 1. The fourth-order valence-electron chi connectivity index (χ4n) is 4.09. The van der Waals surface area contributed by atoms with E-state index in [1.807, 2.05) is 54.9 Å².